The average molecular weight is 673 g/mol. The molecular weight excluding hydrogens is 616 g/mol. The molecule has 0 amide bonds. The van der Waals surface area contributed by atoms with E-state index in [-0.39, 0.29) is 12.0 Å². The molecule has 10 nitrogen and oxygen atoms in total. The van der Waals surface area contributed by atoms with Crippen LogP contribution in [0, 0.1) is 11.8 Å². The number of ether oxygens (including phenoxy) is 6. The zero-order chi connectivity index (χ0) is 35.9. The van der Waals surface area contributed by atoms with E-state index in [1.54, 1.807) is 25.2 Å². The van der Waals surface area contributed by atoms with Gasteiger partial charge in [-0.3, -0.25) is 9.59 Å². The summed E-state index contributed by atoms with van der Waals surface area (Å²) in [5, 5.41) is 0. The van der Waals surface area contributed by atoms with Crippen molar-refractivity contribution in [2.24, 2.45) is 11.8 Å². The predicted octanol–water partition coefficient (Wildman–Crippen LogP) is 7.03. The number of esters is 4. The third-order valence-electron chi connectivity index (χ3n) is 8.92. The Morgan fingerprint density at radius 2 is 1.52 bits per heavy atom. The molecule has 0 aromatic heterocycles. The van der Waals surface area contributed by atoms with E-state index in [4.69, 9.17) is 23.7 Å². The molecule has 2 heterocycles. The summed E-state index contributed by atoms with van der Waals surface area (Å²) in [6, 6.07) is 0. The highest BCUT2D eigenvalue weighted by Gasteiger charge is 2.56. The van der Waals surface area contributed by atoms with Gasteiger partial charge in [0, 0.05) is 44.8 Å². The van der Waals surface area contributed by atoms with Crippen molar-refractivity contribution in [2.75, 3.05) is 14.2 Å². The Bertz CT molecular complexity index is 1260. The summed E-state index contributed by atoms with van der Waals surface area (Å²) in [6.45, 7) is 12.7. The zero-order valence-corrected chi connectivity index (χ0v) is 30.2. The molecule has 48 heavy (non-hydrogen) atoms. The van der Waals surface area contributed by atoms with Crippen molar-refractivity contribution in [3.8, 4) is 0 Å². The van der Waals surface area contributed by atoms with Crippen molar-refractivity contribution in [3.63, 3.8) is 0 Å². The van der Waals surface area contributed by atoms with E-state index in [1.807, 2.05) is 26.0 Å². The summed E-state index contributed by atoms with van der Waals surface area (Å²) in [5.74, 6) is -2.50. The topological polar surface area (TPSA) is 124 Å². The first-order chi connectivity index (χ1) is 22.7. The van der Waals surface area contributed by atoms with Gasteiger partial charge in [0.2, 0.25) is 0 Å². The van der Waals surface area contributed by atoms with Gasteiger partial charge in [0.15, 0.2) is 5.79 Å². The molecule has 0 radical (unpaired) electrons. The lowest BCUT2D eigenvalue weighted by molar-refractivity contribution is -0.308. The Morgan fingerprint density at radius 1 is 0.854 bits per heavy atom. The lowest BCUT2D eigenvalue weighted by atomic mass is 9.85. The molecular formula is C38H56O10. The molecule has 1 spiro atoms. The Kier molecular flexibility index (Phi) is 16.5. The van der Waals surface area contributed by atoms with Crippen LogP contribution < -0.4 is 0 Å². The second-order valence-corrected chi connectivity index (χ2v) is 13.0. The van der Waals surface area contributed by atoms with Gasteiger partial charge in [-0.05, 0) is 63.2 Å². The molecule has 0 N–H and O–H groups in total. The molecule has 0 bridgehead atoms. The Hall–Kier alpha value is -3.50. The zero-order valence-electron chi connectivity index (χ0n) is 30.2. The molecule has 2 saturated heterocycles. The van der Waals surface area contributed by atoms with Crippen molar-refractivity contribution < 1.29 is 47.6 Å². The summed E-state index contributed by atoms with van der Waals surface area (Å²) in [6.07, 6.45) is 18.6. The van der Waals surface area contributed by atoms with E-state index < -0.39 is 47.5 Å². The highest BCUT2D eigenvalue weighted by molar-refractivity contribution is 5.83. The quantitative estimate of drug-likeness (QED) is 0.0730. The molecule has 0 aliphatic carbocycles. The normalized spacial score (nSPS) is 26.9. The number of rotatable bonds is 16. The minimum absolute atomic E-state index is 0.0943. The van der Waals surface area contributed by atoms with E-state index >= 15 is 0 Å². The number of unbranched alkanes of at least 4 members (excludes halogenated alkanes) is 1. The fourth-order valence-electron chi connectivity index (χ4n) is 6.06. The molecule has 268 valence electrons. The van der Waals surface area contributed by atoms with Gasteiger partial charge in [0.1, 0.15) is 17.8 Å². The minimum atomic E-state index is -0.798. The van der Waals surface area contributed by atoms with Crippen LogP contribution in [0.15, 0.2) is 59.8 Å². The minimum Gasteiger partial charge on any atom is -0.466 e. The van der Waals surface area contributed by atoms with Crippen LogP contribution in [0.4, 0.5) is 0 Å². The predicted molar refractivity (Wildman–Crippen MR) is 182 cm³/mol. The van der Waals surface area contributed by atoms with Crippen molar-refractivity contribution in [1.82, 2.24) is 0 Å². The fourth-order valence-corrected chi connectivity index (χ4v) is 6.06. The van der Waals surface area contributed by atoms with Crippen molar-refractivity contribution in [1.29, 1.82) is 0 Å². The van der Waals surface area contributed by atoms with Gasteiger partial charge >= 0.3 is 23.9 Å². The van der Waals surface area contributed by atoms with E-state index in [9.17, 15) is 19.2 Å². The van der Waals surface area contributed by atoms with Crippen molar-refractivity contribution >= 4 is 23.9 Å². The fraction of sp³-hybridized carbons (Fsp3) is 0.632. The van der Waals surface area contributed by atoms with Gasteiger partial charge in [-0.25, -0.2) is 9.59 Å². The summed E-state index contributed by atoms with van der Waals surface area (Å²) < 4.78 is 34.5. The van der Waals surface area contributed by atoms with E-state index in [2.05, 4.69) is 24.7 Å². The summed E-state index contributed by atoms with van der Waals surface area (Å²) in [4.78, 5) is 47.3. The largest absolute Gasteiger partial charge is 0.466 e. The number of carbonyl (C=O) groups excluding carboxylic acids is 4. The van der Waals surface area contributed by atoms with Crippen LogP contribution in [-0.4, -0.2) is 67.8 Å². The number of methoxy groups -OCH3 is 2. The van der Waals surface area contributed by atoms with Crippen LogP contribution in [0.1, 0.15) is 99.8 Å². The van der Waals surface area contributed by atoms with Crippen LogP contribution in [0.3, 0.4) is 0 Å². The first kappa shape index (κ1) is 40.7. The monoisotopic (exact) mass is 672 g/mol. The lowest BCUT2D eigenvalue weighted by Gasteiger charge is -2.44. The molecule has 2 fully saturated rings. The Morgan fingerprint density at radius 3 is 2.15 bits per heavy atom. The van der Waals surface area contributed by atoms with Gasteiger partial charge in [0.25, 0.3) is 0 Å². The van der Waals surface area contributed by atoms with E-state index in [0.717, 1.165) is 31.3 Å². The molecule has 10 heteroatoms. The highest BCUT2D eigenvalue weighted by Crippen LogP contribution is 2.50. The maximum absolute atomic E-state index is 12.3. The molecule has 2 rings (SSSR count). The maximum Gasteiger partial charge on any atom is 0.330 e. The van der Waals surface area contributed by atoms with Gasteiger partial charge in [-0.15, -0.1) is 0 Å². The van der Waals surface area contributed by atoms with Crippen LogP contribution in [0.25, 0.3) is 0 Å². The van der Waals surface area contributed by atoms with Crippen LogP contribution >= 0.6 is 0 Å². The number of hydrogen-bond donors (Lipinski definition) is 0. The smallest absolute Gasteiger partial charge is 0.330 e. The second kappa shape index (κ2) is 19.5. The average Bonchev–Trinajstić information content (AvgIpc) is 3.41. The Labute approximate surface area is 286 Å². The molecule has 7 atom stereocenters. The highest BCUT2D eigenvalue weighted by atomic mass is 16.7. The summed E-state index contributed by atoms with van der Waals surface area (Å²) >= 11 is 0. The molecule has 0 saturated carbocycles. The lowest BCUT2D eigenvalue weighted by Crippen LogP contribution is -2.50. The molecule has 0 aromatic carbocycles. The van der Waals surface area contributed by atoms with E-state index in [0.29, 0.717) is 37.2 Å². The number of carbonyl (C=O) groups is 4. The van der Waals surface area contributed by atoms with Gasteiger partial charge in [-0.1, -0.05) is 63.5 Å². The van der Waals surface area contributed by atoms with E-state index in [1.165, 1.54) is 40.2 Å². The summed E-state index contributed by atoms with van der Waals surface area (Å²) in [5.41, 5.74) is 0.878. The third kappa shape index (κ3) is 12.8. The van der Waals surface area contributed by atoms with Crippen molar-refractivity contribution in [2.45, 2.75) is 130 Å². The third-order valence-corrected chi connectivity index (χ3v) is 8.92. The van der Waals surface area contributed by atoms with Gasteiger partial charge < -0.3 is 28.4 Å². The SMILES string of the molecule is CCCCC1(C(/C=C/C(C)=C/C(=O)OC)OC(C)=O)CCC2(CCC(C)C(C/C=C(C)/C=C/C(OC(C)=O)C(C)/C=C/C(=O)OC)O2)O1. The van der Waals surface area contributed by atoms with Crippen LogP contribution in [-0.2, 0) is 47.6 Å². The standard InChI is InChI=1S/C38H56O10/c1-10-11-21-37(34(46-31(7)40)18-14-27(3)25-36(42)44-9)23-24-38(48-37)22-20-29(5)33(47-38)17-13-26(2)12-16-32(45-30(6)39)28(4)15-19-35(41)43-8/h12-16,18-19,25,28-29,32-34H,10-11,17,20-24H2,1-9H3/b16-12+,18-14+,19-15+,26-13+,27-25+. The molecule has 2 aliphatic rings. The molecule has 2 aliphatic heterocycles. The maximum atomic E-state index is 12.3. The number of allylic oxidation sites excluding steroid dienone is 4. The first-order valence-electron chi connectivity index (χ1n) is 17.0. The Balaban J connectivity index is 2.26. The molecule has 7 unspecified atom stereocenters. The van der Waals surface area contributed by atoms with Crippen molar-refractivity contribution in [3.05, 3.63) is 59.8 Å². The van der Waals surface area contributed by atoms with Gasteiger partial charge in [-0.2, -0.15) is 0 Å². The summed E-state index contributed by atoms with van der Waals surface area (Å²) in [7, 11) is 2.63. The second-order valence-electron chi connectivity index (χ2n) is 13.0. The first-order valence-corrected chi connectivity index (χ1v) is 17.0. The number of hydrogen-bond acceptors (Lipinski definition) is 10. The van der Waals surface area contributed by atoms with Crippen LogP contribution in [0.5, 0.6) is 0 Å². The molecule has 0 aromatic rings. The van der Waals surface area contributed by atoms with Crippen LogP contribution in [0.2, 0.25) is 0 Å². The van der Waals surface area contributed by atoms with Gasteiger partial charge in [0.05, 0.1) is 20.3 Å².